The normalized spacial score (nSPS) is 18.9. The predicted molar refractivity (Wildman–Crippen MR) is 107 cm³/mol. The Balaban J connectivity index is 1.27. The molecule has 4 rings (SSSR count). The highest BCUT2D eigenvalue weighted by molar-refractivity contribution is 5.79. The van der Waals surface area contributed by atoms with Crippen molar-refractivity contribution < 1.29 is 19.2 Å². The standard InChI is InChI=1S/C21H23N3O5/c25-21(22-13-16-14-28-19-7-3-4-8-20(19)29-16)15-9-11-23(12-10-15)17-5-1-2-6-18(17)24(26)27/h1-8,15-16H,9-14H2,(H,22,25)/t16-/m0/s1. The Bertz CT molecular complexity index is 895. The van der Waals surface area contributed by atoms with Crippen LogP contribution >= 0.6 is 0 Å². The van der Waals surface area contributed by atoms with E-state index in [1.807, 2.05) is 29.2 Å². The molecule has 2 aliphatic heterocycles. The SMILES string of the molecule is O=C(NC[C@H]1COc2ccccc2O1)C1CCN(c2ccccc2[N+](=O)[O-])CC1. The molecular formula is C21H23N3O5. The van der Waals surface area contributed by atoms with Crippen LogP contribution in [0.15, 0.2) is 48.5 Å². The molecule has 2 aromatic carbocycles. The van der Waals surface area contributed by atoms with E-state index in [0.717, 1.165) is 5.75 Å². The zero-order valence-electron chi connectivity index (χ0n) is 16.0. The number of ether oxygens (including phenoxy) is 2. The molecular weight excluding hydrogens is 374 g/mol. The first-order chi connectivity index (χ1) is 14.1. The van der Waals surface area contributed by atoms with Crippen molar-refractivity contribution in [2.45, 2.75) is 18.9 Å². The van der Waals surface area contributed by atoms with Gasteiger partial charge >= 0.3 is 0 Å². The average Bonchev–Trinajstić information content (AvgIpc) is 2.77. The van der Waals surface area contributed by atoms with Crippen LogP contribution < -0.4 is 19.7 Å². The number of anilines is 1. The van der Waals surface area contributed by atoms with Gasteiger partial charge in [0.25, 0.3) is 5.69 Å². The Morgan fingerprint density at radius 1 is 1.10 bits per heavy atom. The first-order valence-electron chi connectivity index (χ1n) is 9.76. The second-order valence-corrected chi connectivity index (χ2v) is 7.25. The minimum Gasteiger partial charge on any atom is -0.486 e. The molecule has 0 radical (unpaired) electrons. The van der Waals surface area contributed by atoms with Crippen molar-refractivity contribution in [3.63, 3.8) is 0 Å². The number of piperidine rings is 1. The molecule has 0 unspecified atom stereocenters. The highest BCUT2D eigenvalue weighted by atomic mass is 16.6. The highest BCUT2D eigenvalue weighted by Gasteiger charge is 2.29. The van der Waals surface area contributed by atoms with Crippen LogP contribution in [0.4, 0.5) is 11.4 Å². The number of amides is 1. The summed E-state index contributed by atoms with van der Waals surface area (Å²) in [7, 11) is 0. The van der Waals surface area contributed by atoms with E-state index < -0.39 is 0 Å². The second-order valence-electron chi connectivity index (χ2n) is 7.25. The molecule has 1 N–H and O–H groups in total. The molecule has 1 saturated heterocycles. The zero-order chi connectivity index (χ0) is 20.2. The lowest BCUT2D eigenvalue weighted by atomic mass is 9.95. The molecule has 8 heteroatoms. The number of hydrogen-bond donors (Lipinski definition) is 1. The fourth-order valence-corrected chi connectivity index (χ4v) is 3.79. The van der Waals surface area contributed by atoms with Crippen LogP contribution in [0.3, 0.4) is 0 Å². The van der Waals surface area contributed by atoms with Gasteiger partial charge in [-0.25, -0.2) is 0 Å². The molecule has 2 heterocycles. The maximum atomic E-state index is 12.6. The van der Waals surface area contributed by atoms with Gasteiger partial charge in [-0.2, -0.15) is 0 Å². The summed E-state index contributed by atoms with van der Waals surface area (Å²) in [6.07, 6.45) is 1.09. The van der Waals surface area contributed by atoms with Crippen LogP contribution in [-0.2, 0) is 4.79 Å². The number of rotatable bonds is 5. The van der Waals surface area contributed by atoms with Gasteiger partial charge < -0.3 is 19.7 Å². The van der Waals surface area contributed by atoms with Gasteiger partial charge in [0.1, 0.15) is 18.4 Å². The van der Waals surface area contributed by atoms with E-state index in [0.29, 0.717) is 50.5 Å². The van der Waals surface area contributed by atoms with Crippen LogP contribution in [0.2, 0.25) is 0 Å². The van der Waals surface area contributed by atoms with Crippen molar-refractivity contribution in [1.29, 1.82) is 0 Å². The van der Waals surface area contributed by atoms with Crippen molar-refractivity contribution in [2.75, 3.05) is 31.1 Å². The Morgan fingerprint density at radius 3 is 2.55 bits per heavy atom. The maximum Gasteiger partial charge on any atom is 0.292 e. The zero-order valence-corrected chi connectivity index (χ0v) is 16.0. The van der Waals surface area contributed by atoms with E-state index in [-0.39, 0.29) is 28.5 Å². The van der Waals surface area contributed by atoms with Crippen molar-refractivity contribution in [3.8, 4) is 11.5 Å². The van der Waals surface area contributed by atoms with Crippen molar-refractivity contribution in [3.05, 3.63) is 58.6 Å². The van der Waals surface area contributed by atoms with Gasteiger partial charge in [0.15, 0.2) is 11.5 Å². The van der Waals surface area contributed by atoms with Crippen molar-refractivity contribution >= 4 is 17.3 Å². The second kappa shape index (κ2) is 8.38. The molecule has 152 valence electrons. The summed E-state index contributed by atoms with van der Waals surface area (Å²) in [4.78, 5) is 25.4. The van der Waals surface area contributed by atoms with E-state index in [1.165, 1.54) is 6.07 Å². The fraction of sp³-hybridized carbons (Fsp3) is 0.381. The molecule has 0 bridgehead atoms. The maximum absolute atomic E-state index is 12.6. The molecule has 8 nitrogen and oxygen atoms in total. The number of nitrogens with zero attached hydrogens (tertiary/aromatic N) is 2. The summed E-state index contributed by atoms with van der Waals surface area (Å²) in [5.74, 6) is 1.30. The minimum absolute atomic E-state index is 0.00494. The molecule has 1 amide bonds. The Hall–Kier alpha value is -3.29. The van der Waals surface area contributed by atoms with E-state index >= 15 is 0 Å². The average molecular weight is 397 g/mol. The van der Waals surface area contributed by atoms with Gasteiger partial charge in [0, 0.05) is 25.1 Å². The number of hydrogen-bond acceptors (Lipinski definition) is 6. The van der Waals surface area contributed by atoms with Crippen molar-refractivity contribution in [1.82, 2.24) is 5.32 Å². The van der Waals surface area contributed by atoms with Gasteiger partial charge in [-0.1, -0.05) is 24.3 Å². The van der Waals surface area contributed by atoms with Crippen LogP contribution in [0, 0.1) is 16.0 Å². The third-order valence-electron chi connectivity index (χ3n) is 5.36. The molecule has 29 heavy (non-hydrogen) atoms. The molecule has 0 aliphatic carbocycles. The number of nitro benzene ring substituents is 1. The third-order valence-corrected chi connectivity index (χ3v) is 5.36. The number of para-hydroxylation sites is 4. The lowest BCUT2D eigenvalue weighted by molar-refractivity contribution is -0.384. The van der Waals surface area contributed by atoms with Crippen LogP contribution in [0.25, 0.3) is 0 Å². The minimum atomic E-state index is -0.363. The van der Waals surface area contributed by atoms with Gasteiger partial charge in [0.05, 0.1) is 11.5 Å². The molecule has 1 atom stereocenters. The van der Waals surface area contributed by atoms with Crippen LogP contribution in [0.1, 0.15) is 12.8 Å². The van der Waals surface area contributed by atoms with Crippen LogP contribution in [-0.4, -0.2) is 43.2 Å². The molecule has 1 fully saturated rings. The number of nitrogens with one attached hydrogen (secondary N) is 1. The third kappa shape index (κ3) is 4.26. The Labute approximate surface area is 168 Å². The summed E-state index contributed by atoms with van der Waals surface area (Å²) in [5, 5.41) is 14.2. The number of nitro groups is 1. The summed E-state index contributed by atoms with van der Waals surface area (Å²) in [6.45, 7) is 2.00. The summed E-state index contributed by atoms with van der Waals surface area (Å²) < 4.78 is 11.5. The van der Waals surface area contributed by atoms with E-state index in [4.69, 9.17) is 9.47 Å². The summed E-state index contributed by atoms with van der Waals surface area (Å²) >= 11 is 0. The largest absolute Gasteiger partial charge is 0.486 e. The number of carbonyl (C=O) groups excluding carboxylic acids is 1. The molecule has 0 saturated carbocycles. The first-order valence-corrected chi connectivity index (χ1v) is 9.76. The Morgan fingerprint density at radius 2 is 1.79 bits per heavy atom. The van der Waals surface area contributed by atoms with E-state index in [1.54, 1.807) is 18.2 Å². The van der Waals surface area contributed by atoms with Gasteiger partial charge in [0.2, 0.25) is 5.91 Å². The molecule has 2 aromatic rings. The van der Waals surface area contributed by atoms with Gasteiger partial charge in [-0.15, -0.1) is 0 Å². The number of carbonyl (C=O) groups is 1. The lowest BCUT2D eigenvalue weighted by Gasteiger charge is -2.33. The Kier molecular flexibility index (Phi) is 5.50. The van der Waals surface area contributed by atoms with Crippen LogP contribution in [0.5, 0.6) is 11.5 Å². The van der Waals surface area contributed by atoms with Crippen molar-refractivity contribution in [2.24, 2.45) is 5.92 Å². The van der Waals surface area contributed by atoms with Gasteiger partial charge in [-0.05, 0) is 31.0 Å². The summed E-state index contributed by atoms with van der Waals surface area (Å²) in [5.41, 5.74) is 0.716. The molecule has 2 aliphatic rings. The monoisotopic (exact) mass is 397 g/mol. The first kappa shape index (κ1) is 19.0. The van der Waals surface area contributed by atoms with E-state index in [2.05, 4.69) is 5.32 Å². The molecule has 0 spiro atoms. The lowest BCUT2D eigenvalue weighted by Crippen LogP contribution is -2.45. The fourth-order valence-electron chi connectivity index (χ4n) is 3.79. The van der Waals surface area contributed by atoms with Gasteiger partial charge in [-0.3, -0.25) is 14.9 Å². The molecule has 0 aromatic heterocycles. The highest BCUT2D eigenvalue weighted by Crippen LogP contribution is 2.32. The quantitative estimate of drug-likeness (QED) is 0.616. The topological polar surface area (TPSA) is 93.9 Å². The number of fused-ring (bicyclic) bond motifs is 1. The van der Waals surface area contributed by atoms with E-state index in [9.17, 15) is 14.9 Å². The summed E-state index contributed by atoms with van der Waals surface area (Å²) in [6, 6.07) is 14.2. The predicted octanol–water partition coefficient (Wildman–Crippen LogP) is 2.77. The smallest absolute Gasteiger partial charge is 0.292 e. The number of benzene rings is 2.